The Labute approximate surface area is 133 Å². The van der Waals surface area contributed by atoms with Gasteiger partial charge in [0.05, 0.1) is 0 Å². The van der Waals surface area contributed by atoms with Crippen LogP contribution in [0.5, 0.6) is 0 Å². The van der Waals surface area contributed by atoms with Gasteiger partial charge in [-0.05, 0) is 31.3 Å². The highest BCUT2D eigenvalue weighted by Crippen LogP contribution is 2.09. The van der Waals surface area contributed by atoms with Gasteiger partial charge >= 0.3 is 5.97 Å². The first-order valence-corrected chi connectivity index (χ1v) is 9.53. The lowest BCUT2D eigenvalue weighted by Crippen LogP contribution is -2.24. The third-order valence-electron chi connectivity index (χ3n) is 3.39. The minimum Gasteiger partial charge on any atom is -0.481 e. The summed E-state index contributed by atoms with van der Waals surface area (Å²) in [4.78, 5) is 21.8. The van der Waals surface area contributed by atoms with Gasteiger partial charge in [-0.1, -0.05) is 38.5 Å². The molecule has 21 heavy (non-hydrogen) atoms. The van der Waals surface area contributed by atoms with E-state index in [4.69, 9.17) is 5.11 Å². The van der Waals surface area contributed by atoms with Crippen LogP contribution >= 0.6 is 11.8 Å². The molecule has 5 heteroatoms. The van der Waals surface area contributed by atoms with E-state index in [1.54, 1.807) is 11.8 Å². The van der Waals surface area contributed by atoms with E-state index < -0.39 is 5.97 Å². The van der Waals surface area contributed by atoms with Crippen LogP contribution in [0.25, 0.3) is 0 Å². The second-order valence-corrected chi connectivity index (χ2v) is 6.40. The standard InChI is InChI=1S/C16H31NO3S/c1-21-14-10-11-15(18)17-13-9-7-5-3-2-4-6-8-12-16(19)20/h2-14H2,1H3,(H,17,18)(H,19,20). The Hall–Kier alpha value is -0.710. The fourth-order valence-electron chi connectivity index (χ4n) is 2.16. The Kier molecular flexibility index (Phi) is 15.1. The maximum Gasteiger partial charge on any atom is 0.303 e. The van der Waals surface area contributed by atoms with Crippen molar-refractivity contribution in [3.63, 3.8) is 0 Å². The predicted molar refractivity (Wildman–Crippen MR) is 89.8 cm³/mol. The molecule has 0 aromatic rings. The molecule has 0 aliphatic heterocycles. The molecule has 0 aliphatic carbocycles. The normalized spacial score (nSPS) is 10.5. The van der Waals surface area contributed by atoms with E-state index in [2.05, 4.69) is 11.6 Å². The lowest BCUT2D eigenvalue weighted by atomic mass is 10.1. The monoisotopic (exact) mass is 317 g/mol. The van der Waals surface area contributed by atoms with Crippen molar-refractivity contribution >= 4 is 23.6 Å². The van der Waals surface area contributed by atoms with Crippen LogP contribution in [0.15, 0.2) is 0 Å². The number of hydrogen-bond donors (Lipinski definition) is 2. The van der Waals surface area contributed by atoms with Crippen molar-refractivity contribution in [1.82, 2.24) is 5.32 Å². The molecule has 0 unspecified atom stereocenters. The Morgan fingerprint density at radius 1 is 0.857 bits per heavy atom. The van der Waals surface area contributed by atoms with Gasteiger partial charge in [0.25, 0.3) is 0 Å². The van der Waals surface area contributed by atoms with E-state index in [0.717, 1.165) is 44.4 Å². The number of carbonyl (C=O) groups excluding carboxylic acids is 1. The summed E-state index contributed by atoms with van der Waals surface area (Å²) in [6, 6.07) is 0. The maximum atomic E-state index is 11.4. The van der Waals surface area contributed by atoms with Gasteiger partial charge < -0.3 is 10.4 Å². The fraction of sp³-hybridized carbons (Fsp3) is 0.875. The molecule has 1 amide bonds. The van der Waals surface area contributed by atoms with Crippen molar-refractivity contribution in [2.45, 2.75) is 70.6 Å². The summed E-state index contributed by atoms with van der Waals surface area (Å²) in [7, 11) is 0. The summed E-state index contributed by atoms with van der Waals surface area (Å²) in [5, 5.41) is 11.5. The molecule has 0 spiro atoms. The Balaban J connectivity index is 3.11. The molecule has 0 aromatic heterocycles. The Morgan fingerprint density at radius 2 is 1.43 bits per heavy atom. The van der Waals surface area contributed by atoms with E-state index in [9.17, 15) is 9.59 Å². The molecule has 0 bridgehead atoms. The number of unbranched alkanes of at least 4 members (excludes halogenated alkanes) is 7. The van der Waals surface area contributed by atoms with E-state index in [0.29, 0.717) is 12.8 Å². The van der Waals surface area contributed by atoms with Crippen LogP contribution in [-0.4, -0.2) is 35.5 Å². The maximum absolute atomic E-state index is 11.4. The third-order valence-corrected chi connectivity index (χ3v) is 4.09. The molecule has 0 saturated carbocycles. The van der Waals surface area contributed by atoms with Crippen LogP contribution in [0.1, 0.15) is 70.6 Å². The number of rotatable bonds is 15. The highest BCUT2D eigenvalue weighted by Gasteiger charge is 2.00. The molecule has 0 rings (SSSR count). The number of nitrogens with one attached hydrogen (secondary N) is 1. The van der Waals surface area contributed by atoms with Crippen LogP contribution in [-0.2, 0) is 9.59 Å². The Morgan fingerprint density at radius 3 is 2.00 bits per heavy atom. The highest BCUT2D eigenvalue weighted by atomic mass is 32.2. The summed E-state index contributed by atoms with van der Waals surface area (Å²) in [5.41, 5.74) is 0. The van der Waals surface area contributed by atoms with E-state index in [1.165, 1.54) is 25.7 Å². The SMILES string of the molecule is CSCCCC(=O)NCCCCCCCCCCC(=O)O. The number of thioether (sulfide) groups is 1. The molecular weight excluding hydrogens is 286 g/mol. The molecule has 2 N–H and O–H groups in total. The summed E-state index contributed by atoms with van der Waals surface area (Å²) >= 11 is 1.78. The van der Waals surface area contributed by atoms with Gasteiger partial charge in [0, 0.05) is 19.4 Å². The van der Waals surface area contributed by atoms with Crippen molar-refractivity contribution in [2.75, 3.05) is 18.6 Å². The van der Waals surface area contributed by atoms with Gasteiger partial charge in [0.15, 0.2) is 0 Å². The molecule has 0 saturated heterocycles. The van der Waals surface area contributed by atoms with Crippen molar-refractivity contribution in [3.05, 3.63) is 0 Å². The summed E-state index contributed by atoms with van der Waals surface area (Å²) in [6.45, 7) is 0.802. The third kappa shape index (κ3) is 17.2. The number of hydrogen-bond acceptors (Lipinski definition) is 3. The quantitative estimate of drug-likeness (QED) is 0.450. The van der Waals surface area contributed by atoms with Crippen molar-refractivity contribution in [2.24, 2.45) is 0 Å². The average molecular weight is 317 g/mol. The predicted octanol–water partition coefficient (Wildman–Crippen LogP) is 3.84. The van der Waals surface area contributed by atoms with E-state index in [1.807, 2.05) is 0 Å². The first-order chi connectivity index (χ1) is 10.2. The first kappa shape index (κ1) is 20.3. The molecule has 0 aliphatic rings. The minimum atomic E-state index is -0.689. The van der Waals surface area contributed by atoms with Crippen LogP contribution < -0.4 is 5.32 Å². The Bertz CT molecular complexity index is 272. The van der Waals surface area contributed by atoms with Crippen LogP contribution in [0.4, 0.5) is 0 Å². The molecule has 0 radical (unpaired) electrons. The van der Waals surface area contributed by atoms with Crippen molar-refractivity contribution in [1.29, 1.82) is 0 Å². The summed E-state index contributed by atoms with van der Waals surface area (Å²) in [6.07, 6.45) is 12.8. The van der Waals surface area contributed by atoms with Gasteiger partial charge in [-0.25, -0.2) is 0 Å². The van der Waals surface area contributed by atoms with Crippen LogP contribution in [0.2, 0.25) is 0 Å². The smallest absolute Gasteiger partial charge is 0.303 e. The second-order valence-electron chi connectivity index (χ2n) is 5.42. The topological polar surface area (TPSA) is 66.4 Å². The number of carboxylic acids is 1. The molecule has 4 nitrogen and oxygen atoms in total. The lowest BCUT2D eigenvalue weighted by molar-refractivity contribution is -0.137. The summed E-state index contributed by atoms with van der Waals surface area (Å²) < 4.78 is 0. The minimum absolute atomic E-state index is 0.183. The van der Waals surface area contributed by atoms with Gasteiger partial charge in [0.2, 0.25) is 5.91 Å². The van der Waals surface area contributed by atoms with Crippen molar-refractivity contribution in [3.8, 4) is 0 Å². The molecule has 0 fully saturated rings. The van der Waals surface area contributed by atoms with Gasteiger partial charge in [-0.3, -0.25) is 9.59 Å². The average Bonchev–Trinajstić information content (AvgIpc) is 2.44. The van der Waals surface area contributed by atoms with Gasteiger partial charge in [0.1, 0.15) is 0 Å². The van der Waals surface area contributed by atoms with Gasteiger partial charge in [-0.15, -0.1) is 0 Å². The zero-order chi connectivity index (χ0) is 15.8. The molecule has 124 valence electrons. The fourth-order valence-corrected chi connectivity index (χ4v) is 2.59. The summed E-state index contributed by atoms with van der Waals surface area (Å²) in [5.74, 6) is 0.549. The van der Waals surface area contributed by atoms with Gasteiger partial charge in [-0.2, -0.15) is 11.8 Å². The first-order valence-electron chi connectivity index (χ1n) is 8.14. The largest absolute Gasteiger partial charge is 0.481 e. The second kappa shape index (κ2) is 15.7. The molecule has 0 aromatic carbocycles. The lowest BCUT2D eigenvalue weighted by Gasteiger charge is -2.05. The van der Waals surface area contributed by atoms with E-state index in [-0.39, 0.29) is 5.91 Å². The van der Waals surface area contributed by atoms with E-state index >= 15 is 0 Å². The van der Waals surface area contributed by atoms with Crippen molar-refractivity contribution < 1.29 is 14.7 Å². The van der Waals surface area contributed by atoms with Crippen LogP contribution in [0, 0.1) is 0 Å². The molecular formula is C16H31NO3S. The molecule has 0 heterocycles. The number of carbonyl (C=O) groups is 2. The molecule has 0 atom stereocenters. The zero-order valence-electron chi connectivity index (χ0n) is 13.4. The number of amides is 1. The van der Waals surface area contributed by atoms with Crippen LogP contribution in [0.3, 0.4) is 0 Å². The number of aliphatic carboxylic acids is 1. The number of carboxylic acid groups (broad SMARTS) is 1. The zero-order valence-corrected chi connectivity index (χ0v) is 14.2. The highest BCUT2D eigenvalue weighted by molar-refractivity contribution is 7.98.